The normalized spacial score (nSPS) is 12.4. The van der Waals surface area contributed by atoms with Crippen molar-refractivity contribution >= 4 is 32.4 Å². The van der Waals surface area contributed by atoms with Crippen molar-refractivity contribution in [3.8, 4) is 23.0 Å². The molecular weight excluding hydrogens is 316 g/mol. The van der Waals surface area contributed by atoms with Crippen LogP contribution in [0.5, 0.6) is 23.0 Å². The van der Waals surface area contributed by atoms with Crippen LogP contribution in [0.1, 0.15) is 0 Å². The molecular formula is C16H14N2O4S. The van der Waals surface area contributed by atoms with Gasteiger partial charge in [-0.1, -0.05) is 11.3 Å². The number of methoxy groups -OCH3 is 2. The number of nitrogens with zero attached hydrogens (tertiary/aromatic N) is 1. The first kappa shape index (κ1) is 14.0. The molecule has 0 saturated carbocycles. The molecule has 0 bridgehead atoms. The molecule has 0 radical (unpaired) electrons. The second-order valence-electron chi connectivity index (χ2n) is 4.89. The summed E-state index contributed by atoms with van der Waals surface area (Å²) in [7, 11) is 3.26. The zero-order valence-electron chi connectivity index (χ0n) is 12.6. The van der Waals surface area contributed by atoms with Crippen molar-refractivity contribution in [1.82, 2.24) is 4.98 Å². The number of hydrogen-bond acceptors (Lipinski definition) is 7. The van der Waals surface area contributed by atoms with Crippen molar-refractivity contribution in [3.63, 3.8) is 0 Å². The van der Waals surface area contributed by atoms with Gasteiger partial charge in [-0.3, -0.25) is 0 Å². The third-order valence-electron chi connectivity index (χ3n) is 3.51. The van der Waals surface area contributed by atoms with Gasteiger partial charge in [0.1, 0.15) is 17.0 Å². The maximum Gasteiger partial charge on any atom is 0.231 e. The van der Waals surface area contributed by atoms with Crippen molar-refractivity contribution in [3.05, 3.63) is 30.3 Å². The van der Waals surface area contributed by atoms with Crippen LogP contribution in [0.25, 0.3) is 10.2 Å². The molecule has 0 spiro atoms. The molecule has 118 valence electrons. The van der Waals surface area contributed by atoms with E-state index in [0.29, 0.717) is 5.75 Å². The van der Waals surface area contributed by atoms with Crippen LogP contribution < -0.4 is 24.3 Å². The van der Waals surface area contributed by atoms with E-state index in [1.165, 1.54) is 11.3 Å². The van der Waals surface area contributed by atoms with Gasteiger partial charge >= 0.3 is 0 Å². The Bertz CT molecular complexity index is 878. The topological polar surface area (TPSA) is 61.8 Å². The zero-order valence-corrected chi connectivity index (χ0v) is 13.4. The van der Waals surface area contributed by atoms with Gasteiger partial charge in [-0.2, -0.15) is 0 Å². The highest BCUT2D eigenvalue weighted by atomic mass is 32.1. The SMILES string of the molecule is COc1cc(OC)c2nc(Nc3ccc4c(c3)OCO4)sc2c1. The van der Waals surface area contributed by atoms with Gasteiger partial charge in [0.15, 0.2) is 16.6 Å². The van der Waals surface area contributed by atoms with Gasteiger partial charge in [0.2, 0.25) is 6.79 Å². The summed E-state index contributed by atoms with van der Waals surface area (Å²) in [6.07, 6.45) is 0. The van der Waals surface area contributed by atoms with Crippen molar-refractivity contribution in [2.45, 2.75) is 0 Å². The molecule has 6 nitrogen and oxygen atoms in total. The van der Waals surface area contributed by atoms with Crippen LogP contribution in [0.4, 0.5) is 10.8 Å². The maximum atomic E-state index is 5.39. The molecule has 0 unspecified atom stereocenters. The van der Waals surface area contributed by atoms with Crippen LogP contribution in [0, 0.1) is 0 Å². The summed E-state index contributed by atoms with van der Waals surface area (Å²) in [4.78, 5) is 4.60. The van der Waals surface area contributed by atoms with Crippen LogP contribution in [0.3, 0.4) is 0 Å². The summed E-state index contributed by atoms with van der Waals surface area (Å²) in [5.74, 6) is 2.92. The molecule has 3 aromatic rings. The Morgan fingerprint density at radius 2 is 1.96 bits per heavy atom. The maximum absolute atomic E-state index is 5.39. The summed E-state index contributed by atoms with van der Waals surface area (Å²) < 4.78 is 22.4. The minimum atomic E-state index is 0.261. The number of aromatic nitrogens is 1. The Hall–Kier alpha value is -2.67. The largest absolute Gasteiger partial charge is 0.497 e. The monoisotopic (exact) mass is 330 g/mol. The van der Waals surface area contributed by atoms with Crippen molar-refractivity contribution in [2.24, 2.45) is 0 Å². The Kier molecular flexibility index (Phi) is 3.34. The molecule has 1 aliphatic heterocycles. The minimum absolute atomic E-state index is 0.261. The molecule has 0 saturated heterocycles. The molecule has 7 heteroatoms. The number of fused-ring (bicyclic) bond motifs is 2. The Morgan fingerprint density at radius 3 is 2.78 bits per heavy atom. The van der Waals surface area contributed by atoms with E-state index in [0.717, 1.165) is 38.3 Å². The van der Waals surface area contributed by atoms with Gasteiger partial charge < -0.3 is 24.3 Å². The Balaban J connectivity index is 1.69. The number of ether oxygens (including phenoxy) is 4. The summed E-state index contributed by atoms with van der Waals surface area (Å²) in [6.45, 7) is 0.261. The van der Waals surface area contributed by atoms with Crippen LogP contribution in [0.2, 0.25) is 0 Å². The van der Waals surface area contributed by atoms with Gasteiger partial charge in [0.25, 0.3) is 0 Å². The first-order valence-electron chi connectivity index (χ1n) is 6.96. The lowest BCUT2D eigenvalue weighted by Crippen LogP contribution is -1.93. The summed E-state index contributed by atoms with van der Waals surface area (Å²) in [6, 6.07) is 9.47. The van der Waals surface area contributed by atoms with Gasteiger partial charge in [0.05, 0.1) is 18.9 Å². The fourth-order valence-corrected chi connectivity index (χ4v) is 3.33. The quantitative estimate of drug-likeness (QED) is 0.785. The second-order valence-corrected chi connectivity index (χ2v) is 5.92. The smallest absolute Gasteiger partial charge is 0.231 e. The lowest BCUT2D eigenvalue weighted by atomic mass is 10.3. The lowest BCUT2D eigenvalue weighted by molar-refractivity contribution is 0.174. The van der Waals surface area contributed by atoms with E-state index in [2.05, 4.69) is 10.3 Å². The standard InChI is InChI=1S/C16H14N2O4S/c1-19-10-6-13(20-2)15-14(7-10)23-16(18-15)17-9-3-4-11-12(5-9)22-8-21-11/h3-7H,8H2,1-2H3,(H,17,18). The molecule has 23 heavy (non-hydrogen) atoms. The van der Waals surface area contributed by atoms with Crippen LogP contribution in [-0.4, -0.2) is 26.0 Å². The predicted octanol–water partition coefficient (Wildman–Crippen LogP) is 3.79. The van der Waals surface area contributed by atoms with E-state index >= 15 is 0 Å². The van der Waals surface area contributed by atoms with E-state index in [1.54, 1.807) is 14.2 Å². The number of benzene rings is 2. The van der Waals surface area contributed by atoms with E-state index in [9.17, 15) is 0 Å². The lowest BCUT2D eigenvalue weighted by Gasteiger charge is -2.04. The average molecular weight is 330 g/mol. The number of hydrogen-bond donors (Lipinski definition) is 1. The van der Waals surface area contributed by atoms with Crippen molar-refractivity contribution in [2.75, 3.05) is 26.3 Å². The number of nitrogens with one attached hydrogen (secondary N) is 1. The number of anilines is 2. The molecule has 2 aromatic carbocycles. The first-order valence-corrected chi connectivity index (χ1v) is 7.78. The highest BCUT2D eigenvalue weighted by molar-refractivity contribution is 7.22. The third kappa shape index (κ3) is 2.49. The molecule has 0 aliphatic carbocycles. The average Bonchev–Trinajstić information content (AvgIpc) is 3.19. The van der Waals surface area contributed by atoms with Crippen molar-refractivity contribution < 1.29 is 18.9 Å². The first-order chi connectivity index (χ1) is 11.3. The number of thiazole rings is 1. The van der Waals surface area contributed by atoms with E-state index in [1.807, 2.05) is 30.3 Å². The molecule has 1 aliphatic rings. The zero-order chi connectivity index (χ0) is 15.8. The van der Waals surface area contributed by atoms with Crippen LogP contribution >= 0.6 is 11.3 Å². The van der Waals surface area contributed by atoms with Gasteiger partial charge in [-0.25, -0.2) is 4.98 Å². The fourth-order valence-electron chi connectivity index (χ4n) is 2.40. The molecule has 0 amide bonds. The molecule has 1 aromatic heterocycles. The van der Waals surface area contributed by atoms with Crippen molar-refractivity contribution in [1.29, 1.82) is 0 Å². The molecule has 0 fully saturated rings. The van der Waals surface area contributed by atoms with E-state index in [-0.39, 0.29) is 6.79 Å². The highest BCUT2D eigenvalue weighted by Crippen LogP contribution is 2.39. The highest BCUT2D eigenvalue weighted by Gasteiger charge is 2.15. The van der Waals surface area contributed by atoms with E-state index in [4.69, 9.17) is 18.9 Å². The summed E-state index contributed by atoms with van der Waals surface area (Å²) >= 11 is 1.53. The molecule has 2 heterocycles. The Morgan fingerprint density at radius 1 is 1.09 bits per heavy atom. The van der Waals surface area contributed by atoms with Gasteiger partial charge in [-0.05, 0) is 18.2 Å². The van der Waals surface area contributed by atoms with E-state index < -0.39 is 0 Å². The summed E-state index contributed by atoms with van der Waals surface area (Å²) in [5.41, 5.74) is 1.70. The van der Waals surface area contributed by atoms with Crippen LogP contribution in [0.15, 0.2) is 30.3 Å². The predicted molar refractivity (Wildman–Crippen MR) is 88.6 cm³/mol. The molecule has 0 atom stereocenters. The third-order valence-corrected chi connectivity index (χ3v) is 4.43. The number of rotatable bonds is 4. The molecule has 4 rings (SSSR count). The van der Waals surface area contributed by atoms with Crippen LogP contribution in [-0.2, 0) is 0 Å². The van der Waals surface area contributed by atoms with Gasteiger partial charge in [-0.15, -0.1) is 0 Å². The second kappa shape index (κ2) is 5.51. The van der Waals surface area contributed by atoms with Gasteiger partial charge in [0, 0.05) is 17.8 Å². The summed E-state index contributed by atoms with van der Waals surface area (Å²) in [5, 5.41) is 4.06. The Labute approximate surface area is 136 Å². The molecule has 1 N–H and O–H groups in total. The fraction of sp³-hybridized carbons (Fsp3) is 0.188. The minimum Gasteiger partial charge on any atom is -0.497 e.